The van der Waals surface area contributed by atoms with Crippen molar-refractivity contribution < 1.29 is 33.0 Å². The molecule has 2 aromatic carbocycles. The second-order valence-corrected chi connectivity index (χ2v) is 7.76. The molecule has 0 aliphatic carbocycles. The van der Waals surface area contributed by atoms with Crippen molar-refractivity contribution in [3.63, 3.8) is 0 Å². The van der Waals surface area contributed by atoms with Crippen LogP contribution >= 0.6 is 11.3 Å². The van der Waals surface area contributed by atoms with Crippen LogP contribution in [0.25, 0.3) is 0 Å². The zero-order chi connectivity index (χ0) is 22.8. The third-order valence-electron chi connectivity index (χ3n) is 4.71. The number of anilines is 2. The lowest BCUT2D eigenvalue weighted by Crippen LogP contribution is -2.14. The van der Waals surface area contributed by atoms with Crippen LogP contribution in [-0.4, -0.2) is 31.7 Å². The fourth-order valence-corrected chi connectivity index (χ4v) is 4.19. The van der Waals surface area contributed by atoms with E-state index in [2.05, 4.69) is 10.6 Å². The average molecular weight is 456 g/mol. The quantitative estimate of drug-likeness (QED) is 0.558. The number of amides is 2. The molecule has 0 atom stereocenters. The number of carbonyl (C=O) groups is 3. The van der Waals surface area contributed by atoms with Crippen LogP contribution in [0, 0.1) is 12.7 Å². The Morgan fingerprint density at radius 3 is 2.44 bits per heavy atom. The number of thiophene rings is 1. The Kier molecular flexibility index (Phi) is 5.78. The van der Waals surface area contributed by atoms with Gasteiger partial charge in [-0.2, -0.15) is 0 Å². The van der Waals surface area contributed by atoms with E-state index in [9.17, 15) is 18.8 Å². The Labute approximate surface area is 185 Å². The van der Waals surface area contributed by atoms with Crippen LogP contribution < -0.4 is 20.1 Å². The van der Waals surface area contributed by atoms with Crippen LogP contribution in [0.4, 0.5) is 15.1 Å². The smallest absolute Gasteiger partial charge is 0.341 e. The maximum atomic E-state index is 13.1. The zero-order valence-corrected chi connectivity index (χ0v) is 17.8. The molecule has 3 aromatic rings. The van der Waals surface area contributed by atoms with Crippen molar-refractivity contribution in [1.82, 2.24) is 0 Å². The number of carbonyl (C=O) groups excluding carboxylic acids is 3. The molecule has 0 saturated heterocycles. The molecule has 10 heteroatoms. The molecule has 1 aromatic heterocycles. The lowest BCUT2D eigenvalue weighted by atomic mass is 10.1. The molecule has 4 rings (SSSR count). The summed E-state index contributed by atoms with van der Waals surface area (Å²) in [6, 6.07) is 9.96. The number of methoxy groups -OCH3 is 1. The van der Waals surface area contributed by atoms with Crippen molar-refractivity contribution >= 4 is 39.8 Å². The summed E-state index contributed by atoms with van der Waals surface area (Å²) in [6.45, 7) is 1.65. The van der Waals surface area contributed by atoms with E-state index in [0.29, 0.717) is 22.7 Å². The third kappa shape index (κ3) is 4.12. The number of hydrogen-bond donors (Lipinski definition) is 2. The topological polar surface area (TPSA) is 103 Å². The lowest BCUT2D eigenvalue weighted by Gasteiger charge is -2.07. The van der Waals surface area contributed by atoms with Crippen molar-refractivity contribution in [3.05, 3.63) is 69.8 Å². The number of esters is 1. The maximum absolute atomic E-state index is 13.1. The summed E-state index contributed by atoms with van der Waals surface area (Å²) in [5.74, 6) is -1.17. The van der Waals surface area contributed by atoms with E-state index in [-0.39, 0.29) is 27.8 Å². The van der Waals surface area contributed by atoms with E-state index in [1.807, 2.05) is 0 Å². The van der Waals surface area contributed by atoms with Gasteiger partial charge in [0.2, 0.25) is 6.79 Å². The molecule has 1 aliphatic heterocycles. The maximum Gasteiger partial charge on any atom is 0.341 e. The molecule has 0 radical (unpaired) electrons. The van der Waals surface area contributed by atoms with Crippen molar-refractivity contribution in [2.24, 2.45) is 0 Å². The van der Waals surface area contributed by atoms with Gasteiger partial charge < -0.3 is 24.8 Å². The first-order chi connectivity index (χ1) is 15.4. The van der Waals surface area contributed by atoms with Gasteiger partial charge in [-0.3, -0.25) is 9.59 Å². The summed E-state index contributed by atoms with van der Waals surface area (Å²) in [4.78, 5) is 38.2. The highest BCUT2D eigenvalue weighted by atomic mass is 32.1. The molecule has 2 amide bonds. The highest BCUT2D eigenvalue weighted by Crippen LogP contribution is 2.36. The lowest BCUT2D eigenvalue weighted by molar-refractivity contribution is 0.0601. The van der Waals surface area contributed by atoms with Gasteiger partial charge in [-0.1, -0.05) is 0 Å². The van der Waals surface area contributed by atoms with Gasteiger partial charge in [-0.25, -0.2) is 9.18 Å². The van der Waals surface area contributed by atoms with Gasteiger partial charge in [0.1, 0.15) is 10.8 Å². The van der Waals surface area contributed by atoms with Crippen LogP contribution in [-0.2, 0) is 4.74 Å². The Morgan fingerprint density at radius 2 is 1.72 bits per heavy atom. The van der Waals surface area contributed by atoms with Gasteiger partial charge in [0.05, 0.1) is 17.6 Å². The highest BCUT2D eigenvalue weighted by molar-refractivity contribution is 7.19. The van der Waals surface area contributed by atoms with Gasteiger partial charge in [0.25, 0.3) is 11.8 Å². The van der Waals surface area contributed by atoms with Gasteiger partial charge >= 0.3 is 5.97 Å². The highest BCUT2D eigenvalue weighted by Gasteiger charge is 2.27. The summed E-state index contributed by atoms with van der Waals surface area (Å²) in [5.41, 5.74) is 1.10. The third-order valence-corrected chi connectivity index (χ3v) is 5.91. The SMILES string of the molecule is COC(=O)c1c(NC(=O)c2ccc3c(c2)OCO3)sc(C(=O)Nc2ccc(F)cc2)c1C. The fourth-order valence-electron chi connectivity index (χ4n) is 3.10. The number of rotatable bonds is 5. The van der Waals surface area contributed by atoms with Crippen LogP contribution in [0.5, 0.6) is 11.5 Å². The Balaban J connectivity index is 1.62. The minimum Gasteiger partial charge on any atom is -0.465 e. The first-order valence-corrected chi connectivity index (χ1v) is 10.2. The largest absolute Gasteiger partial charge is 0.465 e. The number of hydrogen-bond acceptors (Lipinski definition) is 7. The van der Waals surface area contributed by atoms with E-state index in [0.717, 1.165) is 11.3 Å². The van der Waals surface area contributed by atoms with Gasteiger partial charge in [-0.15, -0.1) is 11.3 Å². The first kappa shape index (κ1) is 21.3. The molecule has 0 spiro atoms. The van der Waals surface area contributed by atoms with Crippen molar-refractivity contribution in [2.75, 3.05) is 24.5 Å². The second-order valence-electron chi connectivity index (χ2n) is 6.74. The minimum absolute atomic E-state index is 0.0730. The fraction of sp³-hybridized carbons (Fsp3) is 0.136. The molecule has 1 aliphatic rings. The zero-order valence-electron chi connectivity index (χ0n) is 17.0. The van der Waals surface area contributed by atoms with Crippen LogP contribution in [0.3, 0.4) is 0 Å². The predicted octanol–water partition coefficient (Wildman–Crippen LogP) is 4.22. The van der Waals surface area contributed by atoms with E-state index in [4.69, 9.17) is 14.2 Å². The van der Waals surface area contributed by atoms with Crippen LogP contribution in [0.2, 0.25) is 0 Å². The summed E-state index contributed by atoms with van der Waals surface area (Å²) in [5, 5.41) is 5.49. The number of nitrogens with one attached hydrogen (secondary N) is 2. The monoisotopic (exact) mass is 456 g/mol. The van der Waals surface area contributed by atoms with Crippen molar-refractivity contribution in [3.8, 4) is 11.5 Å². The standard InChI is InChI=1S/C22H17FN2O6S/c1-11-17(22(28)29-2)21(25-19(26)12-3-8-15-16(9-12)31-10-30-15)32-18(11)20(27)24-14-6-4-13(23)5-7-14/h3-9H,10H2,1-2H3,(H,24,27)(H,25,26). The van der Waals surface area contributed by atoms with Gasteiger partial charge in [-0.05, 0) is 55.0 Å². The van der Waals surface area contributed by atoms with E-state index < -0.39 is 23.6 Å². The molecule has 164 valence electrons. The number of ether oxygens (including phenoxy) is 3. The first-order valence-electron chi connectivity index (χ1n) is 9.37. The molecule has 0 unspecified atom stereocenters. The molecular formula is C22H17FN2O6S. The van der Waals surface area contributed by atoms with Crippen molar-refractivity contribution in [1.29, 1.82) is 0 Å². The van der Waals surface area contributed by atoms with E-state index in [1.165, 1.54) is 37.4 Å². The van der Waals surface area contributed by atoms with Crippen LogP contribution in [0.1, 0.15) is 36.0 Å². The molecule has 32 heavy (non-hydrogen) atoms. The number of benzene rings is 2. The molecular weight excluding hydrogens is 439 g/mol. The van der Waals surface area contributed by atoms with Crippen LogP contribution in [0.15, 0.2) is 42.5 Å². The van der Waals surface area contributed by atoms with Gasteiger partial charge in [0, 0.05) is 11.3 Å². The Morgan fingerprint density at radius 1 is 1.00 bits per heavy atom. The summed E-state index contributed by atoms with van der Waals surface area (Å²) >= 11 is 0.934. The summed E-state index contributed by atoms with van der Waals surface area (Å²) < 4.78 is 28.5. The molecule has 0 fully saturated rings. The molecule has 2 heterocycles. The molecule has 0 bridgehead atoms. The molecule has 2 N–H and O–H groups in total. The average Bonchev–Trinajstić information content (AvgIpc) is 3.38. The number of halogens is 1. The Hall–Kier alpha value is -3.92. The van der Waals surface area contributed by atoms with Crippen molar-refractivity contribution in [2.45, 2.75) is 6.92 Å². The predicted molar refractivity (Wildman–Crippen MR) is 115 cm³/mol. The Bertz CT molecular complexity index is 1220. The molecule has 8 nitrogen and oxygen atoms in total. The second kappa shape index (κ2) is 8.67. The molecule has 0 saturated carbocycles. The number of fused-ring (bicyclic) bond motifs is 1. The minimum atomic E-state index is -0.694. The summed E-state index contributed by atoms with van der Waals surface area (Å²) in [6.07, 6.45) is 0. The van der Waals surface area contributed by atoms with Gasteiger partial charge in [0.15, 0.2) is 11.5 Å². The normalized spacial score (nSPS) is 11.7. The van der Waals surface area contributed by atoms with E-state index in [1.54, 1.807) is 19.1 Å². The van der Waals surface area contributed by atoms with E-state index >= 15 is 0 Å². The summed E-state index contributed by atoms with van der Waals surface area (Å²) in [7, 11) is 1.21.